The Bertz CT molecular complexity index is 745. The Labute approximate surface area is 120 Å². The molecular formula is C18H12F3. The number of hydrogen-bond donors (Lipinski definition) is 0. The van der Waals surface area contributed by atoms with Gasteiger partial charge in [-0.15, -0.1) is 0 Å². The van der Waals surface area contributed by atoms with Crippen molar-refractivity contribution in [2.45, 2.75) is 12.1 Å². The molecule has 0 aromatic heterocycles. The van der Waals surface area contributed by atoms with Gasteiger partial charge in [-0.05, 0) is 28.0 Å². The fourth-order valence-corrected chi connectivity index (χ4v) is 2.49. The zero-order valence-corrected chi connectivity index (χ0v) is 11.1. The molecule has 0 heterocycles. The van der Waals surface area contributed by atoms with E-state index in [1.165, 1.54) is 18.2 Å². The monoisotopic (exact) mass is 285 g/mol. The minimum absolute atomic E-state index is 0.146. The first-order valence-corrected chi connectivity index (χ1v) is 6.58. The molecule has 3 rings (SSSR count). The van der Waals surface area contributed by atoms with Crippen molar-refractivity contribution in [3.63, 3.8) is 0 Å². The third-order valence-electron chi connectivity index (χ3n) is 3.45. The molecule has 0 aliphatic rings. The lowest BCUT2D eigenvalue weighted by molar-refractivity contribution is -0.141. The molecule has 21 heavy (non-hydrogen) atoms. The third kappa shape index (κ3) is 2.77. The molecule has 0 aliphatic heterocycles. The van der Waals surface area contributed by atoms with E-state index < -0.39 is 12.1 Å². The topological polar surface area (TPSA) is 0 Å². The maximum atomic E-state index is 13.5. The van der Waals surface area contributed by atoms with Crippen LogP contribution in [0.4, 0.5) is 13.2 Å². The summed E-state index contributed by atoms with van der Waals surface area (Å²) in [6.45, 7) is 0. The van der Waals surface area contributed by atoms with Crippen LogP contribution in [0.3, 0.4) is 0 Å². The molecule has 0 amide bonds. The molecule has 0 N–H and O–H groups in total. The average Bonchev–Trinajstić information content (AvgIpc) is 2.47. The highest BCUT2D eigenvalue weighted by Crippen LogP contribution is 2.40. The molecular weight excluding hydrogens is 273 g/mol. The summed E-state index contributed by atoms with van der Waals surface area (Å²) in [7, 11) is 0. The van der Waals surface area contributed by atoms with Gasteiger partial charge in [0, 0.05) is 0 Å². The minimum Gasteiger partial charge on any atom is -0.170 e. The zero-order valence-electron chi connectivity index (χ0n) is 11.1. The number of alkyl halides is 3. The number of hydrogen-bond acceptors (Lipinski definition) is 0. The summed E-state index contributed by atoms with van der Waals surface area (Å²) < 4.78 is 40.4. The SMILES string of the molecule is FC(F)(F)C(c1[c]c2ccccc2cc1)c1ccccc1. The molecule has 0 fully saturated rings. The summed E-state index contributed by atoms with van der Waals surface area (Å²) >= 11 is 0. The van der Waals surface area contributed by atoms with Crippen molar-refractivity contribution in [1.82, 2.24) is 0 Å². The maximum absolute atomic E-state index is 13.5. The largest absolute Gasteiger partial charge is 0.399 e. The number of fused-ring (bicyclic) bond motifs is 1. The lowest BCUT2D eigenvalue weighted by atomic mass is 9.89. The van der Waals surface area contributed by atoms with Gasteiger partial charge in [-0.25, -0.2) is 0 Å². The van der Waals surface area contributed by atoms with E-state index in [4.69, 9.17) is 0 Å². The summed E-state index contributed by atoms with van der Waals surface area (Å²) in [6, 6.07) is 21.4. The molecule has 0 saturated carbocycles. The summed E-state index contributed by atoms with van der Waals surface area (Å²) in [5.41, 5.74) is 0.379. The highest BCUT2D eigenvalue weighted by atomic mass is 19.4. The van der Waals surface area contributed by atoms with E-state index in [0.29, 0.717) is 5.39 Å². The van der Waals surface area contributed by atoms with Gasteiger partial charge in [0.1, 0.15) is 5.92 Å². The van der Waals surface area contributed by atoms with E-state index in [1.807, 2.05) is 12.1 Å². The van der Waals surface area contributed by atoms with Crippen molar-refractivity contribution in [2.24, 2.45) is 0 Å². The van der Waals surface area contributed by atoms with Crippen molar-refractivity contribution in [1.29, 1.82) is 0 Å². The Morgan fingerprint density at radius 1 is 0.762 bits per heavy atom. The van der Waals surface area contributed by atoms with Gasteiger partial charge >= 0.3 is 6.18 Å². The van der Waals surface area contributed by atoms with Gasteiger partial charge < -0.3 is 0 Å². The third-order valence-corrected chi connectivity index (χ3v) is 3.45. The highest BCUT2D eigenvalue weighted by Gasteiger charge is 2.41. The smallest absolute Gasteiger partial charge is 0.170 e. The fraction of sp³-hybridized carbons (Fsp3) is 0.111. The molecule has 3 aromatic rings. The van der Waals surface area contributed by atoms with Crippen LogP contribution < -0.4 is 0 Å². The normalized spacial score (nSPS) is 13.3. The predicted molar refractivity (Wildman–Crippen MR) is 77.1 cm³/mol. The van der Waals surface area contributed by atoms with Crippen LogP contribution in [-0.2, 0) is 0 Å². The van der Waals surface area contributed by atoms with Crippen LogP contribution in [0.5, 0.6) is 0 Å². The first kappa shape index (κ1) is 13.7. The second-order valence-corrected chi connectivity index (χ2v) is 4.89. The van der Waals surface area contributed by atoms with Crippen molar-refractivity contribution in [3.8, 4) is 0 Å². The van der Waals surface area contributed by atoms with Gasteiger partial charge in [0.25, 0.3) is 0 Å². The molecule has 0 bridgehead atoms. The number of rotatable bonds is 2. The molecule has 105 valence electrons. The van der Waals surface area contributed by atoms with E-state index >= 15 is 0 Å². The fourth-order valence-electron chi connectivity index (χ4n) is 2.49. The van der Waals surface area contributed by atoms with Crippen LogP contribution in [0.25, 0.3) is 10.8 Å². The van der Waals surface area contributed by atoms with Crippen molar-refractivity contribution in [3.05, 3.63) is 83.9 Å². The van der Waals surface area contributed by atoms with Crippen molar-refractivity contribution < 1.29 is 13.2 Å². The van der Waals surface area contributed by atoms with Gasteiger partial charge in [-0.3, -0.25) is 0 Å². The van der Waals surface area contributed by atoms with Crippen molar-refractivity contribution in [2.75, 3.05) is 0 Å². The molecule has 1 radical (unpaired) electrons. The second kappa shape index (κ2) is 5.24. The Morgan fingerprint density at radius 2 is 1.43 bits per heavy atom. The van der Waals surface area contributed by atoms with Crippen LogP contribution in [0.15, 0.2) is 66.7 Å². The maximum Gasteiger partial charge on any atom is 0.399 e. The quantitative estimate of drug-likeness (QED) is 0.596. The predicted octanol–water partition coefficient (Wildman–Crippen LogP) is 5.33. The van der Waals surface area contributed by atoms with Crippen LogP contribution in [0.2, 0.25) is 0 Å². The Hall–Kier alpha value is -2.29. The van der Waals surface area contributed by atoms with Crippen LogP contribution in [0.1, 0.15) is 17.0 Å². The first-order chi connectivity index (χ1) is 10.1. The number of benzene rings is 3. The van der Waals surface area contributed by atoms with E-state index in [0.717, 1.165) is 5.39 Å². The summed E-state index contributed by atoms with van der Waals surface area (Å²) in [6.07, 6.45) is -4.35. The Kier molecular flexibility index (Phi) is 3.42. The Morgan fingerprint density at radius 3 is 2.14 bits per heavy atom. The van der Waals surface area contributed by atoms with Crippen LogP contribution in [-0.4, -0.2) is 6.18 Å². The molecule has 1 atom stereocenters. The molecule has 3 heteroatoms. The summed E-state index contributed by atoms with van der Waals surface area (Å²) in [5.74, 6) is -1.65. The average molecular weight is 285 g/mol. The van der Waals surface area contributed by atoms with Crippen LogP contribution in [0, 0.1) is 6.07 Å². The number of halogens is 3. The first-order valence-electron chi connectivity index (χ1n) is 6.58. The lowest BCUT2D eigenvalue weighted by Gasteiger charge is -2.21. The van der Waals surface area contributed by atoms with E-state index in [9.17, 15) is 13.2 Å². The van der Waals surface area contributed by atoms with Gasteiger partial charge in [-0.1, -0.05) is 66.7 Å². The second-order valence-electron chi connectivity index (χ2n) is 4.89. The summed E-state index contributed by atoms with van der Waals surface area (Å²) in [4.78, 5) is 0. The van der Waals surface area contributed by atoms with E-state index in [2.05, 4.69) is 6.07 Å². The molecule has 1 unspecified atom stereocenters. The molecule has 0 nitrogen and oxygen atoms in total. The van der Waals surface area contributed by atoms with E-state index in [1.54, 1.807) is 36.4 Å². The minimum atomic E-state index is -4.35. The lowest BCUT2D eigenvalue weighted by Crippen LogP contribution is -2.22. The van der Waals surface area contributed by atoms with Gasteiger partial charge in [-0.2, -0.15) is 13.2 Å². The molecule has 0 saturated heterocycles. The molecule has 0 spiro atoms. The van der Waals surface area contributed by atoms with E-state index in [-0.39, 0.29) is 11.1 Å². The highest BCUT2D eigenvalue weighted by molar-refractivity contribution is 5.82. The van der Waals surface area contributed by atoms with Gasteiger partial charge in [0.15, 0.2) is 0 Å². The van der Waals surface area contributed by atoms with Gasteiger partial charge in [0.05, 0.1) is 0 Å². The van der Waals surface area contributed by atoms with Crippen LogP contribution >= 0.6 is 0 Å². The van der Waals surface area contributed by atoms with Gasteiger partial charge in [0.2, 0.25) is 0 Å². The Balaban J connectivity index is 2.15. The molecule has 0 aliphatic carbocycles. The molecule has 3 aromatic carbocycles. The summed E-state index contributed by atoms with van der Waals surface area (Å²) in [5, 5.41) is 1.58. The zero-order chi connectivity index (χ0) is 14.9. The standard InChI is InChI=1S/C18H12F3/c19-18(20,21)17(14-7-2-1-3-8-14)16-11-10-13-6-4-5-9-15(13)12-16/h1-11,17H. The van der Waals surface area contributed by atoms with Crippen molar-refractivity contribution >= 4 is 10.8 Å².